The highest BCUT2D eigenvalue weighted by molar-refractivity contribution is 5.87. The second kappa shape index (κ2) is 4.62. The number of benzene rings is 1. The topological polar surface area (TPSA) is 29.5 Å². The standard InChI is InChI=1S/C14H17NO2/c1-4-14(16)15-8-11(3)17-13-6-5-10(2)7-12(13)9-15/h4-7,11H,1,8-9H2,2-3H3/t11-/m0/s1. The van der Waals surface area contributed by atoms with Gasteiger partial charge in [0, 0.05) is 12.1 Å². The van der Waals surface area contributed by atoms with Crippen molar-refractivity contribution in [3.05, 3.63) is 42.0 Å². The van der Waals surface area contributed by atoms with E-state index in [9.17, 15) is 4.79 Å². The van der Waals surface area contributed by atoms with Crippen LogP contribution in [0.5, 0.6) is 5.75 Å². The van der Waals surface area contributed by atoms with E-state index in [1.165, 1.54) is 11.6 Å². The number of carbonyl (C=O) groups is 1. The van der Waals surface area contributed by atoms with E-state index < -0.39 is 0 Å². The maximum atomic E-state index is 11.7. The van der Waals surface area contributed by atoms with Crippen molar-refractivity contribution in [1.82, 2.24) is 4.90 Å². The van der Waals surface area contributed by atoms with E-state index in [0.29, 0.717) is 13.1 Å². The summed E-state index contributed by atoms with van der Waals surface area (Å²) in [4.78, 5) is 13.5. The normalized spacial score (nSPS) is 18.9. The Kier molecular flexibility index (Phi) is 3.18. The van der Waals surface area contributed by atoms with Gasteiger partial charge in [-0.1, -0.05) is 24.3 Å². The number of ether oxygens (including phenoxy) is 1. The lowest BCUT2D eigenvalue weighted by atomic mass is 10.1. The minimum Gasteiger partial charge on any atom is -0.489 e. The molecule has 0 bridgehead atoms. The Hall–Kier alpha value is -1.77. The van der Waals surface area contributed by atoms with Gasteiger partial charge in [-0.05, 0) is 26.0 Å². The van der Waals surface area contributed by atoms with Crippen molar-refractivity contribution in [1.29, 1.82) is 0 Å². The third kappa shape index (κ3) is 2.49. The zero-order valence-corrected chi connectivity index (χ0v) is 10.3. The van der Waals surface area contributed by atoms with Crippen LogP contribution in [0.15, 0.2) is 30.9 Å². The zero-order chi connectivity index (χ0) is 12.4. The van der Waals surface area contributed by atoms with Crippen molar-refractivity contribution >= 4 is 5.91 Å². The summed E-state index contributed by atoms with van der Waals surface area (Å²) < 4.78 is 5.81. The second-order valence-corrected chi connectivity index (χ2v) is 4.46. The molecule has 0 N–H and O–H groups in total. The van der Waals surface area contributed by atoms with E-state index in [4.69, 9.17) is 4.74 Å². The molecule has 3 nitrogen and oxygen atoms in total. The number of amides is 1. The third-order valence-corrected chi connectivity index (χ3v) is 2.87. The van der Waals surface area contributed by atoms with Crippen LogP contribution in [0, 0.1) is 6.92 Å². The summed E-state index contributed by atoms with van der Waals surface area (Å²) in [7, 11) is 0. The highest BCUT2D eigenvalue weighted by Gasteiger charge is 2.22. The molecule has 0 fully saturated rings. The minimum atomic E-state index is -0.0465. The molecule has 0 saturated carbocycles. The summed E-state index contributed by atoms with van der Waals surface area (Å²) in [5, 5.41) is 0. The molecule has 1 aliphatic rings. The molecule has 0 saturated heterocycles. The lowest BCUT2D eigenvalue weighted by Gasteiger charge is -2.20. The molecule has 0 spiro atoms. The number of fused-ring (bicyclic) bond motifs is 1. The quantitative estimate of drug-likeness (QED) is 0.694. The van der Waals surface area contributed by atoms with Crippen molar-refractivity contribution in [2.75, 3.05) is 6.54 Å². The number of nitrogens with zero attached hydrogens (tertiary/aromatic N) is 1. The summed E-state index contributed by atoms with van der Waals surface area (Å²) in [6.45, 7) is 8.72. The Morgan fingerprint density at radius 1 is 1.59 bits per heavy atom. The van der Waals surface area contributed by atoms with Gasteiger partial charge in [-0.15, -0.1) is 0 Å². The number of rotatable bonds is 1. The first kappa shape index (κ1) is 11.7. The van der Waals surface area contributed by atoms with E-state index in [1.807, 2.05) is 26.0 Å². The van der Waals surface area contributed by atoms with Crippen LogP contribution in [-0.4, -0.2) is 23.5 Å². The Morgan fingerprint density at radius 3 is 3.06 bits per heavy atom. The van der Waals surface area contributed by atoms with Gasteiger partial charge in [0.05, 0.1) is 6.54 Å². The lowest BCUT2D eigenvalue weighted by Crippen LogP contribution is -2.34. The molecule has 3 heteroatoms. The summed E-state index contributed by atoms with van der Waals surface area (Å²) in [5.74, 6) is 0.831. The first-order valence-electron chi connectivity index (χ1n) is 5.77. The third-order valence-electron chi connectivity index (χ3n) is 2.87. The van der Waals surface area contributed by atoms with Gasteiger partial charge in [-0.3, -0.25) is 4.79 Å². The van der Waals surface area contributed by atoms with Crippen LogP contribution in [-0.2, 0) is 11.3 Å². The molecular formula is C14H17NO2. The molecule has 90 valence electrons. The lowest BCUT2D eigenvalue weighted by molar-refractivity contribution is -0.127. The molecule has 1 amide bonds. The van der Waals surface area contributed by atoms with Gasteiger partial charge in [0.15, 0.2) is 0 Å². The summed E-state index contributed by atoms with van der Waals surface area (Å²) in [6.07, 6.45) is 1.36. The predicted octanol–water partition coefficient (Wildman–Crippen LogP) is 2.29. The fraction of sp³-hybridized carbons (Fsp3) is 0.357. The molecule has 0 radical (unpaired) electrons. The van der Waals surface area contributed by atoms with Gasteiger partial charge in [-0.25, -0.2) is 0 Å². The molecule has 2 rings (SSSR count). The minimum absolute atomic E-state index is 0.00264. The monoisotopic (exact) mass is 231 g/mol. The van der Waals surface area contributed by atoms with E-state index >= 15 is 0 Å². The van der Waals surface area contributed by atoms with E-state index in [0.717, 1.165) is 11.3 Å². The van der Waals surface area contributed by atoms with Crippen LogP contribution in [0.3, 0.4) is 0 Å². The molecule has 1 aromatic rings. The Balaban J connectivity index is 2.34. The largest absolute Gasteiger partial charge is 0.489 e. The van der Waals surface area contributed by atoms with Crippen molar-refractivity contribution in [3.8, 4) is 5.75 Å². The number of carbonyl (C=O) groups excluding carboxylic acids is 1. The molecule has 0 unspecified atom stereocenters. The fourth-order valence-corrected chi connectivity index (χ4v) is 2.08. The van der Waals surface area contributed by atoms with Crippen LogP contribution >= 0.6 is 0 Å². The van der Waals surface area contributed by atoms with Crippen LogP contribution in [0.4, 0.5) is 0 Å². The summed E-state index contributed by atoms with van der Waals surface area (Å²) in [6, 6.07) is 6.07. The number of hydrogen-bond acceptors (Lipinski definition) is 2. The number of hydrogen-bond donors (Lipinski definition) is 0. The van der Waals surface area contributed by atoms with E-state index in [-0.39, 0.29) is 12.0 Å². The molecule has 0 aromatic heterocycles. The zero-order valence-electron chi connectivity index (χ0n) is 10.3. The van der Waals surface area contributed by atoms with Crippen molar-refractivity contribution < 1.29 is 9.53 Å². The van der Waals surface area contributed by atoms with E-state index in [2.05, 4.69) is 12.6 Å². The molecule has 1 aromatic carbocycles. The Bertz CT molecular complexity index is 454. The van der Waals surface area contributed by atoms with Crippen LogP contribution in [0.2, 0.25) is 0 Å². The van der Waals surface area contributed by atoms with Gasteiger partial charge in [0.2, 0.25) is 5.91 Å². The van der Waals surface area contributed by atoms with Gasteiger partial charge in [0.1, 0.15) is 11.9 Å². The molecular weight excluding hydrogens is 214 g/mol. The summed E-state index contributed by atoms with van der Waals surface area (Å²) in [5.41, 5.74) is 2.23. The van der Waals surface area contributed by atoms with Gasteiger partial charge in [0.25, 0.3) is 0 Å². The average molecular weight is 231 g/mol. The maximum absolute atomic E-state index is 11.7. The highest BCUT2D eigenvalue weighted by Crippen LogP contribution is 2.26. The van der Waals surface area contributed by atoms with E-state index in [1.54, 1.807) is 4.90 Å². The molecule has 17 heavy (non-hydrogen) atoms. The fourth-order valence-electron chi connectivity index (χ4n) is 2.08. The highest BCUT2D eigenvalue weighted by atomic mass is 16.5. The van der Waals surface area contributed by atoms with Gasteiger partial charge in [-0.2, -0.15) is 0 Å². The Labute approximate surface area is 102 Å². The van der Waals surface area contributed by atoms with Gasteiger partial charge >= 0.3 is 0 Å². The van der Waals surface area contributed by atoms with Crippen LogP contribution in [0.1, 0.15) is 18.1 Å². The second-order valence-electron chi connectivity index (χ2n) is 4.46. The van der Waals surface area contributed by atoms with Gasteiger partial charge < -0.3 is 9.64 Å². The maximum Gasteiger partial charge on any atom is 0.246 e. The molecule has 1 aliphatic heterocycles. The Morgan fingerprint density at radius 2 is 2.35 bits per heavy atom. The smallest absolute Gasteiger partial charge is 0.246 e. The van der Waals surface area contributed by atoms with Crippen LogP contribution < -0.4 is 4.74 Å². The molecule has 0 aliphatic carbocycles. The average Bonchev–Trinajstić information content (AvgIpc) is 2.46. The SMILES string of the molecule is C=CC(=O)N1Cc2cc(C)ccc2O[C@@H](C)C1. The number of aryl methyl sites for hydroxylation is 1. The van der Waals surface area contributed by atoms with Crippen molar-refractivity contribution in [3.63, 3.8) is 0 Å². The molecule has 1 heterocycles. The first-order chi connectivity index (χ1) is 8.10. The molecule has 1 atom stereocenters. The predicted molar refractivity (Wildman–Crippen MR) is 66.9 cm³/mol. The first-order valence-corrected chi connectivity index (χ1v) is 5.77. The van der Waals surface area contributed by atoms with Crippen molar-refractivity contribution in [2.45, 2.75) is 26.5 Å². The van der Waals surface area contributed by atoms with Crippen molar-refractivity contribution in [2.24, 2.45) is 0 Å². The van der Waals surface area contributed by atoms with Crippen LogP contribution in [0.25, 0.3) is 0 Å². The summed E-state index contributed by atoms with van der Waals surface area (Å²) >= 11 is 0.